The summed E-state index contributed by atoms with van der Waals surface area (Å²) in [5, 5.41) is 3.54. The molecule has 2 heteroatoms. The minimum atomic E-state index is 0.744. The van der Waals surface area contributed by atoms with Gasteiger partial charge in [0.1, 0.15) is 0 Å². The smallest absolute Gasteiger partial charge is 0.0587 e. The Labute approximate surface area is 117 Å². The number of ether oxygens (including phenoxy) is 1. The quantitative estimate of drug-likeness (QED) is 0.725. The Bertz CT molecular complexity index is 363. The Morgan fingerprint density at radius 1 is 1.26 bits per heavy atom. The van der Waals surface area contributed by atoms with Gasteiger partial charge in [0.05, 0.1) is 6.61 Å². The van der Waals surface area contributed by atoms with Crippen LogP contribution in [0.25, 0.3) is 0 Å². The lowest BCUT2D eigenvalue weighted by Crippen LogP contribution is -2.30. The van der Waals surface area contributed by atoms with Crippen LogP contribution >= 0.6 is 0 Å². The summed E-state index contributed by atoms with van der Waals surface area (Å²) in [5.41, 5.74) is 1.52. The van der Waals surface area contributed by atoms with Crippen molar-refractivity contribution in [3.05, 3.63) is 35.9 Å². The van der Waals surface area contributed by atoms with Gasteiger partial charge in [-0.3, -0.25) is 0 Å². The van der Waals surface area contributed by atoms with Crippen LogP contribution in [0.5, 0.6) is 0 Å². The van der Waals surface area contributed by atoms with Crippen molar-refractivity contribution in [3.63, 3.8) is 0 Å². The standard InChI is InChI=1S/C17H27NO/c1-13(2)17(12-18-9-10-19-3)16-11-15(16)14-7-5-4-6-8-14/h4-8,13,15-18H,9-12H2,1-3H3. The molecule has 1 aromatic carbocycles. The average molecular weight is 261 g/mol. The molecule has 0 bridgehead atoms. The molecule has 0 radical (unpaired) electrons. The third kappa shape index (κ3) is 4.05. The van der Waals surface area contributed by atoms with Crippen LogP contribution in [0.2, 0.25) is 0 Å². The van der Waals surface area contributed by atoms with Crippen molar-refractivity contribution >= 4 is 0 Å². The fourth-order valence-electron chi connectivity index (χ4n) is 3.10. The number of rotatable bonds is 8. The van der Waals surface area contributed by atoms with Gasteiger partial charge in [-0.15, -0.1) is 0 Å². The average Bonchev–Trinajstić information content (AvgIpc) is 3.19. The van der Waals surface area contributed by atoms with Gasteiger partial charge in [-0.05, 0) is 42.2 Å². The second kappa shape index (κ2) is 7.06. The van der Waals surface area contributed by atoms with Crippen LogP contribution in [0.3, 0.4) is 0 Å². The van der Waals surface area contributed by atoms with E-state index in [1.165, 1.54) is 12.0 Å². The third-order valence-corrected chi connectivity index (χ3v) is 4.34. The number of nitrogens with one attached hydrogen (secondary N) is 1. The summed E-state index contributed by atoms with van der Waals surface area (Å²) in [4.78, 5) is 0. The highest BCUT2D eigenvalue weighted by molar-refractivity contribution is 5.26. The summed E-state index contributed by atoms with van der Waals surface area (Å²) in [6.45, 7) is 7.58. The molecule has 1 aliphatic rings. The SMILES string of the molecule is COCCNCC(C(C)C)C1CC1c1ccccc1. The molecule has 1 saturated carbocycles. The van der Waals surface area contributed by atoms with E-state index >= 15 is 0 Å². The van der Waals surface area contributed by atoms with Gasteiger partial charge >= 0.3 is 0 Å². The highest BCUT2D eigenvalue weighted by Gasteiger charge is 2.44. The minimum Gasteiger partial charge on any atom is -0.383 e. The first-order valence-electron chi connectivity index (χ1n) is 7.48. The lowest BCUT2D eigenvalue weighted by Gasteiger charge is -2.22. The Kier molecular flexibility index (Phi) is 5.41. The van der Waals surface area contributed by atoms with Gasteiger partial charge in [-0.2, -0.15) is 0 Å². The van der Waals surface area contributed by atoms with Crippen molar-refractivity contribution in [2.75, 3.05) is 26.8 Å². The lowest BCUT2D eigenvalue weighted by molar-refractivity contribution is 0.194. The highest BCUT2D eigenvalue weighted by Crippen LogP contribution is 2.53. The second-order valence-corrected chi connectivity index (χ2v) is 6.02. The summed E-state index contributed by atoms with van der Waals surface area (Å²) < 4.78 is 5.09. The van der Waals surface area contributed by atoms with Crippen LogP contribution in [-0.2, 0) is 4.74 Å². The van der Waals surface area contributed by atoms with E-state index in [0.29, 0.717) is 0 Å². The molecule has 0 heterocycles. The number of methoxy groups -OCH3 is 1. The molecule has 1 fully saturated rings. The van der Waals surface area contributed by atoms with Crippen molar-refractivity contribution in [2.45, 2.75) is 26.2 Å². The van der Waals surface area contributed by atoms with Gasteiger partial charge in [0.15, 0.2) is 0 Å². The maximum absolute atomic E-state index is 5.09. The van der Waals surface area contributed by atoms with Gasteiger partial charge in [0.25, 0.3) is 0 Å². The molecule has 0 saturated heterocycles. The molecule has 1 aromatic rings. The van der Waals surface area contributed by atoms with Gasteiger partial charge in [-0.25, -0.2) is 0 Å². The zero-order valence-corrected chi connectivity index (χ0v) is 12.4. The summed E-state index contributed by atoms with van der Waals surface area (Å²) >= 11 is 0. The molecule has 1 N–H and O–H groups in total. The summed E-state index contributed by atoms with van der Waals surface area (Å²) in [6, 6.07) is 11.0. The van der Waals surface area contributed by atoms with Crippen LogP contribution < -0.4 is 5.32 Å². The van der Waals surface area contributed by atoms with Crippen LogP contribution in [0, 0.1) is 17.8 Å². The van der Waals surface area contributed by atoms with Gasteiger partial charge in [0.2, 0.25) is 0 Å². The first-order chi connectivity index (χ1) is 9.24. The Morgan fingerprint density at radius 2 is 2.00 bits per heavy atom. The Morgan fingerprint density at radius 3 is 2.63 bits per heavy atom. The second-order valence-electron chi connectivity index (χ2n) is 6.02. The zero-order chi connectivity index (χ0) is 13.7. The van der Waals surface area contributed by atoms with Gasteiger partial charge in [-0.1, -0.05) is 44.2 Å². The molecule has 3 unspecified atom stereocenters. The third-order valence-electron chi connectivity index (χ3n) is 4.34. The van der Waals surface area contributed by atoms with Crippen molar-refractivity contribution in [1.29, 1.82) is 0 Å². The summed E-state index contributed by atoms with van der Waals surface area (Å²) in [6.07, 6.45) is 1.36. The predicted octanol–water partition coefficient (Wildman–Crippen LogP) is 3.30. The van der Waals surface area contributed by atoms with E-state index in [1.54, 1.807) is 7.11 Å². The maximum Gasteiger partial charge on any atom is 0.0587 e. The maximum atomic E-state index is 5.09. The normalized spacial score (nSPS) is 23.6. The van der Waals surface area contributed by atoms with E-state index in [4.69, 9.17) is 4.74 Å². The molecule has 0 amide bonds. The summed E-state index contributed by atoms with van der Waals surface area (Å²) in [5.74, 6) is 3.17. The molecule has 2 nitrogen and oxygen atoms in total. The fraction of sp³-hybridized carbons (Fsp3) is 0.647. The van der Waals surface area contributed by atoms with Crippen LogP contribution in [0.15, 0.2) is 30.3 Å². The molecule has 0 spiro atoms. The van der Waals surface area contributed by atoms with E-state index in [9.17, 15) is 0 Å². The topological polar surface area (TPSA) is 21.3 Å². The fourth-order valence-corrected chi connectivity index (χ4v) is 3.10. The first-order valence-corrected chi connectivity index (χ1v) is 7.48. The molecule has 0 aliphatic heterocycles. The molecular weight excluding hydrogens is 234 g/mol. The molecule has 0 aromatic heterocycles. The Balaban J connectivity index is 1.84. The van der Waals surface area contributed by atoms with Crippen molar-refractivity contribution in [2.24, 2.45) is 17.8 Å². The summed E-state index contributed by atoms with van der Waals surface area (Å²) in [7, 11) is 1.76. The first kappa shape index (κ1) is 14.5. The number of hydrogen-bond donors (Lipinski definition) is 1. The van der Waals surface area contributed by atoms with Crippen molar-refractivity contribution < 1.29 is 4.74 Å². The molecule has 2 rings (SSSR count). The number of benzene rings is 1. The van der Waals surface area contributed by atoms with E-state index in [0.717, 1.165) is 43.4 Å². The van der Waals surface area contributed by atoms with Crippen molar-refractivity contribution in [3.8, 4) is 0 Å². The van der Waals surface area contributed by atoms with E-state index in [-0.39, 0.29) is 0 Å². The largest absolute Gasteiger partial charge is 0.383 e. The minimum absolute atomic E-state index is 0.744. The molecule has 1 aliphatic carbocycles. The monoisotopic (exact) mass is 261 g/mol. The predicted molar refractivity (Wildman–Crippen MR) is 80.4 cm³/mol. The van der Waals surface area contributed by atoms with Gasteiger partial charge < -0.3 is 10.1 Å². The highest BCUT2D eigenvalue weighted by atomic mass is 16.5. The molecule has 3 atom stereocenters. The van der Waals surface area contributed by atoms with Crippen molar-refractivity contribution in [1.82, 2.24) is 5.32 Å². The van der Waals surface area contributed by atoms with Crippen LogP contribution in [0.4, 0.5) is 0 Å². The lowest BCUT2D eigenvalue weighted by atomic mass is 9.88. The Hall–Kier alpha value is -0.860. The molecule has 19 heavy (non-hydrogen) atoms. The molecule has 106 valence electrons. The van der Waals surface area contributed by atoms with E-state index in [2.05, 4.69) is 49.5 Å². The van der Waals surface area contributed by atoms with Crippen LogP contribution in [-0.4, -0.2) is 26.8 Å². The van der Waals surface area contributed by atoms with E-state index < -0.39 is 0 Å². The van der Waals surface area contributed by atoms with E-state index in [1.807, 2.05) is 0 Å². The van der Waals surface area contributed by atoms with Gasteiger partial charge in [0, 0.05) is 13.7 Å². The van der Waals surface area contributed by atoms with Crippen LogP contribution in [0.1, 0.15) is 31.7 Å². The number of hydrogen-bond acceptors (Lipinski definition) is 2. The zero-order valence-electron chi connectivity index (χ0n) is 12.4. The molecular formula is C17H27NO.